The number of halogens is 1. The van der Waals surface area contributed by atoms with Gasteiger partial charge in [-0.1, -0.05) is 0 Å². The van der Waals surface area contributed by atoms with Crippen LogP contribution in [0.3, 0.4) is 0 Å². The molecule has 2 heterocycles. The summed E-state index contributed by atoms with van der Waals surface area (Å²) in [6.45, 7) is 0. The number of hydrogen-bond donors (Lipinski definition) is 0. The summed E-state index contributed by atoms with van der Waals surface area (Å²) in [5, 5.41) is 16.2. The van der Waals surface area contributed by atoms with E-state index in [0.29, 0.717) is 11.5 Å². The summed E-state index contributed by atoms with van der Waals surface area (Å²) in [4.78, 5) is 3.95. The molecule has 2 rings (SSSR count). The van der Waals surface area contributed by atoms with Crippen molar-refractivity contribution >= 4 is 11.6 Å². The zero-order valence-electron chi connectivity index (χ0n) is 7.63. The van der Waals surface area contributed by atoms with E-state index >= 15 is 0 Å². The molecule has 0 atom stereocenters. The second kappa shape index (κ2) is 4.07. The third-order valence-corrected chi connectivity index (χ3v) is 2.12. The fourth-order valence-corrected chi connectivity index (χ4v) is 1.34. The molecule has 0 amide bonds. The van der Waals surface area contributed by atoms with Crippen LogP contribution < -0.4 is 0 Å². The third kappa shape index (κ3) is 1.80. The lowest BCUT2D eigenvalue weighted by molar-refractivity contribution is 0.943. The van der Waals surface area contributed by atoms with Crippen molar-refractivity contribution in [3.63, 3.8) is 0 Å². The average Bonchev–Trinajstić information content (AvgIpc) is 2.77. The van der Waals surface area contributed by atoms with Gasteiger partial charge in [0.2, 0.25) is 0 Å². The number of rotatable bonds is 2. The standard InChI is InChI=1S/C9H6ClN5/c10-3-9-14-13-6-15(9)8-2-1-7(4-11)12-5-8/h1-2,5-6H,3H2. The maximum atomic E-state index is 8.59. The normalized spacial score (nSPS) is 9.87. The Morgan fingerprint density at radius 2 is 2.33 bits per heavy atom. The molecule has 0 aromatic carbocycles. The summed E-state index contributed by atoms with van der Waals surface area (Å²) in [6.07, 6.45) is 3.14. The first-order chi connectivity index (χ1) is 7.35. The summed E-state index contributed by atoms with van der Waals surface area (Å²) in [5.74, 6) is 0.920. The molecule has 0 aliphatic rings. The second-order valence-corrected chi connectivity index (χ2v) is 3.03. The van der Waals surface area contributed by atoms with Gasteiger partial charge in [-0.25, -0.2) is 4.98 Å². The Labute approximate surface area is 91.0 Å². The Bertz CT molecular complexity index is 496. The van der Waals surface area contributed by atoms with Gasteiger partial charge < -0.3 is 0 Å². The van der Waals surface area contributed by atoms with Crippen LogP contribution in [0.2, 0.25) is 0 Å². The Balaban J connectivity index is 2.42. The van der Waals surface area contributed by atoms with Crippen LogP contribution in [0.1, 0.15) is 11.5 Å². The number of pyridine rings is 1. The van der Waals surface area contributed by atoms with Crippen molar-refractivity contribution in [3.8, 4) is 11.8 Å². The molecular formula is C9H6ClN5. The molecule has 0 N–H and O–H groups in total. The molecule has 0 saturated carbocycles. The van der Waals surface area contributed by atoms with E-state index in [1.165, 1.54) is 0 Å². The van der Waals surface area contributed by atoms with Crippen molar-refractivity contribution in [1.29, 1.82) is 5.26 Å². The van der Waals surface area contributed by atoms with Crippen LogP contribution in [0.25, 0.3) is 5.69 Å². The molecule has 6 heteroatoms. The van der Waals surface area contributed by atoms with Crippen molar-refractivity contribution in [2.24, 2.45) is 0 Å². The average molecular weight is 220 g/mol. The van der Waals surface area contributed by atoms with Gasteiger partial charge in [0, 0.05) is 0 Å². The maximum Gasteiger partial charge on any atom is 0.152 e. The van der Waals surface area contributed by atoms with E-state index in [2.05, 4.69) is 15.2 Å². The molecular weight excluding hydrogens is 214 g/mol. The first-order valence-corrected chi connectivity index (χ1v) is 4.70. The van der Waals surface area contributed by atoms with Crippen molar-refractivity contribution in [2.75, 3.05) is 0 Å². The van der Waals surface area contributed by atoms with E-state index in [-0.39, 0.29) is 5.88 Å². The molecule has 0 unspecified atom stereocenters. The molecule has 2 aromatic heterocycles. The quantitative estimate of drug-likeness (QED) is 0.714. The summed E-state index contributed by atoms with van der Waals surface area (Å²) < 4.78 is 1.72. The van der Waals surface area contributed by atoms with Gasteiger partial charge in [0.25, 0.3) is 0 Å². The van der Waals surface area contributed by atoms with E-state index in [9.17, 15) is 0 Å². The van der Waals surface area contributed by atoms with Crippen LogP contribution in [0, 0.1) is 11.3 Å². The predicted molar refractivity (Wildman–Crippen MR) is 53.4 cm³/mol. The maximum absolute atomic E-state index is 8.59. The fraction of sp³-hybridized carbons (Fsp3) is 0.111. The number of hydrogen-bond acceptors (Lipinski definition) is 4. The minimum absolute atomic E-state index is 0.278. The van der Waals surface area contributed by atoms with E-state index in [4.69, 9.17) is 16.9 Å². The van der Waals surface area contributed by atoms with E-state index < -0.39 is 0 Å². The predicted octanol–water partition coefficient (Wildman–Crippen LogP) is 1.27. The number of nitrogens with zero attached hydrogens (tertiary/aromatic N) is 5. The minimum Gasteiger partial charge on any atom is -0.283 e. The highest BCUT2D eigenvalue weighted by Crippen LogP contribution is 2.10. The highest BCUT2D eigenvalue weighted by molar-refractivity contribution is 6.16. The highest BCUT2D eigenvalue weighted by Gasteiger charge is 2.04. The molecule has 0 bridgehead atoms. The van der Waals surface area contributed by atoms with Crippen LogP contribution in [0.5, 0.6) is 0 Å². The van der Waals surface area contributed by atoms with Gasteiger partial charge in [0.05, 0.1) is 17.8 Å². The molecule has 0 fully saturated rings. The number of nitriles is 1. The summed E-state index contributed by atoms with van der Waals surface area (Å²) in [7, 11) is 0. The fourth-order valence-electron chi connectivity index (χ4n) is 1.16. The number of alkyl halides is 1. The lowest BCUT2D eigenvalue weighted by Crippen LogP contribution is -1.98. The zero-order valence-corrected chi connectivity index (χ0v) is 8.39. The largest absolute Gasteiger partial charge is 0.283 e. The third-order valence-electron chi connectivity index (χ3n) is 1.88. The van der Waals surface area contributed by atoms with Gasteiger partial charge in [-0.3, -0.25) is 4.57 Å². The Kier molecular flexibility index (Phi) is 2.61. The van der Waals surface area contributed by atoms with Crippen molar-refractivity contribution < 1.29 is 0 Å². The molecule has 0 aliphatic heterocycles. The molecule has 74 valence electrons. The zero-order chi connectivity index (χ0) is 10.7. The Hall–Kier alpha value is -1.93. The smallest absolute Gasteiger partial charge is 0.152 e. The van der Waals surface area contributed by atoms with E-state index in [1.54, 1.807) is 29.2 Å². The SMILES string of the molecule is N#Cc1ccc(-n2cnnc2CCl)cn1. The first kappa shape index (κ1) is 9.62. The minimum atomic E-state index is 0.278. The van der Waals surface area contributed by atoms with Crippen LogP contribution in [-0.2, 0) is 5.88 Å². The number of aromatic nitrogens is 4. The van der Waals surface area contributed by atoms with Crippen molar-refractivity contribution in [2.45, 2.75) is 5.88 Å². The van der Waals surface area contributed by atoms with Crippen LogP contribution in [0.15, 0.2) is 24.7 Å². The second-order valence-electron chi connectivity index (χ2n) is 2.76. The van der Waals surface area contributed by atoms with E-state index in [0.717, 1.165) is 5.69 Å². The van der Waals surface area contributed by atoms with Gasteiger partial charge in [-0.05, 0) is 12.1 Å². The molecule has 0 spiro atoms. The monoisotopic (exact) mass is 219 g/mol. The van der Waals surface area contributed by atoms with Crippen molar-refractivity contribution in [3.05, 3.63) is 36.2 Å². The van der Waals surface area contributed by atoms with Crippen LogP contribution in [0.4, 0.5) is 0 Å². The lowest BCUT2D eigenvalue weighted by Gasteiger charge is -2.02. The van der Waals surface area contributed by atoms with Gasteiger partial charge >= 0.3 is 0 Å². The molecule has 0 radical (unpaired) electrons. The molecule has 15 heavy (non-hydrogen) atoms. The molecule has 0 saturated heterocycles. The molecule has 5 nitrogen and oxygen atoms in total. The summed E-state index contributed by atoms with van der Waals surface area (Å²) in [5.41, 5.74) is 1.16. The van der Waals surface area contributed by atoms with Gasteiger partial charge in [0.15, 0.2) is 5.82 Å². The Morgan fingerprint density at radius 1 is 1.47 bits per heavy atom. The molecule has 0 aliphatic carbocycles. The Morgan fingerprint density at radius 3 is 2.93 bits per heavy atom. The highest BCUT2D eigenvalue weighted by atomic mass is 35.5. The summed E-state index contributed by atoms with van der Waals surface area (Å²) >= 11 is 5.69. The van der Waals surface area contributed by atoms with Gasteiger partial charge in [0.1, 0.15) is 18.1 Å². The van der Waals surface area contributed by atoms with Gasteiger partial charge in [-0.2, -0.15) is 5.26 Å². The lowest BCUT2D eigenvalue weighted by atomic mass is 10.3. The van der Waals surface area contributed by atoms with E-state index in [1.807, 2.05) is 6.07 Å². The first-order valence-electron chi connectivity index (χ1n) is 4.16. The molecule has 2 aromatic rings. The van der Waals surface area contributed by atoms with Crippen molar-refractivity contribution in [1.82, 2.24) is 19.7 Å². The summed E-state index contributed by atoms with van der Waals surface area (Å²) in [6, 6.07) is 5.35. The topological polar surface area (TPSA) is 67.4 Å². The van der Waals surface area contributed by atoms with Crippen LogP contribution >= 0.6 is 11.6 Å². The van der Waals surface area contributed by atoms with Gasteiger partial charge in [-0.15, -0.1) is 21.8 Å². The van der Waals surface area contributed by atoms with Crippen LogP contribution in [-0.4, -0.2) is 19.7 Å².